The molecule has 4 aromatic rings. The quantitative estimate of drug-likeness (QED) is 0.169. The van der Waals surface area contributed by atoms with Crippen molar-refractivity contribution in [1.82, 2.24) is 10.2 Å². The Kier molecular flexibility index (Phi) is 11.8. The fourth-order valence-electron chi connectivity index (χ4n) is 4.92. The molecule has 0 bridgehead atoms. The van der Waals surface area contributed by atoms with E-state index in [2.05, 4.69) is 5.32 Å². The highest BCUT2D eigenvalue weighted by molar-refractivity contribution is 7.92. The maximum atomic E-state index is 14.6. The van der Waals surface area contributed by atoms with Crippen molar-refractivity contribution in [3.05, 3.63) is 125 Å². The third-order valence-electron chi connectivity index (χ3n) is 7.82. The number of carbonyl (C=O) groups is 2. The van der Waals surface area contributed by atoms with E-state index < -0.39 is 28.5 Å². The Hall–Kier alpha value is -4.34. The van der Waals surface area contributed by atoms with Gasteiger partial charge in [-0.25, -0.2) is 8.42 Å². The molecule has 8 nitrogen and oxygen atoms in total. The van der Waals surface area contributed by atoms with Crippen molar-refractivity contribution >= 4 is 39.1 Å². The molecule has 4 aromatic carbocycles. The number of anilines is 1. The summed E-state index contributed by atoms with van der Waals surface area (Å²) in [6.45, 7) is 5.16. The number of methoxy groups -OCH3 is 1. The first-order valence-corrected chi connectivity index (χ1v) is 17.0. The molecule has 46 heavy (non-hydrogen) atoms. The lowest BCUT2D eigenvalue weighted by Crippen LogP contribution is -2.54. The molecule has 0 spiro atoms. The van der Waals surface area contributed by atoms with E-state index in [4.69, 9.17) is 16.3 Å². The van der Waals surface area contributed by atoms with Gasteiger partial charge in [0.1, 0.15) is 18.3 Å². The predicted octanol–water partition coefficient (Wildman–Crippen LogP) is 6.41. The Morgan fingerprint density at radius 3 is 2.13 bits per heavy atom. The van der Waals surface area contributed by atoms with Crippen LogP contribution in [0.15, 0.2) is 108 Å². The van der Waals surface area contributed by atoms with Gasteiger partial charge in [-0.2, -0.15) is 0 Å². The molecule has 0 aliphatic heterocycles. The first kappa shape index (κ1) is 34.5. The van der Waals surface area contributed by atoms with Gasteiger partial charge in [0.2, 0.25) is 11.8 Å². The van der Waals surface area contributed by atoms with E-state index in [0.717, 1.165) is 15.4 Å². The molecule has 0 aromatic heterocycles. The minimum atomic E-state index is -4.21. The van der Waals surface area contributed by atoms with Crippen LogP contribution in [-0.4, -0.2) is 50.9 Å². The molecule has 0 aliphatic rings. The topological polar surface area (TPSA) is 96.0 Å². The van der Waals surface area contributed by atoms with Crippen LogP contribution >= 0.6 is 11.6 Å². The van der Waals surface area contributed by atoms with Crippen LogP contribution in [-0.2, 0) is 32.6 Å². The number of nitrogens with zero attached hydrogens (tertiary/aromatic N) is 2. The lowest BCUT2D eigenvalue weighted by atomic mass is 10.0. The van der Waals surface area contributed by atoms with Crippen molar-refractivity contribution in [3.63, 3.8) is 0 Å². The SMILES string of the molecule is CCC(C)NC(=O)C(Cc1ccccc1)N(Cc1ccccc1Cl)C(=O)CN(c1ccc(OC)cc1)S(=O)(=O)c1ccc(C)cc1. The number of benzene rings is 4. The number of carbonyl (C=O) groups excluding carboxylic acids is 2. The fraction of sp³-hybridized carbons (Fsp3) is 0.278. The molecule has 2 atom stereocenters. The smallest absolute Gasteiger partial charge is 0.264 e. The van der Waals surface area contributed by atoms with Gasteiger partial charge in [-0.3, -0.25) is 13.9 Å². The maximum Gasteiger partial charge on any atom is 0.264 e. The second kappa shape index (κ2) is 15.8. The van der Waals surface area contributed by atoms with E-state index in [9.17, 15) is 18.0 Å². The molecule has 242 valence electrons. The van der Waals surface area contributed by atoms with Crippen molar-refractivity contribution in [3.8, 4) is 5.75 Å². The van der Waals surface area contributed by atoms with Crippen molar-refractivity contribution in [2.24, 2.45) is 0 Å². The van der Waals surface area contributed by atoms with Crippen LogP contribution in [0.5, 0.6) is 5.75 Å². The van der Waals surface area contributed by atoms with Crippen LogP contribution in [0.25, 0.3) is 0 Å². The first-order valence-electron chi connectivity index (χ1n) is 15.1. The van der Waals surface area contributed by atoms with Crippen LogP contribution in [0.2, 0.25) is 5.02 Å². The van der Waals surface area contributed by atoms with E-state index >= 15 is 0 Å². The van der Waals surface area contributed by atoms with E-state index in [1.54, 1.807) is 60.7 Å². The van der Waals surface area contributed by atoms with Gasteiger partial charge in [-0.15, -0.1) is 0 Å². The van der Waals surface area contributed by atoms with E-state index in [-0.39, 0.29) is 35.5 Å². The largest absolute Gasteiger partial charge is 0.497 e. The summed E-state index contributed by atoms with van der Waals surface area (Å²) in [7, 11) is -2.69. The Morgan fingerprint density at radius 1 is 0.891 bits per heavy atom. The number of rotatable bonds is 14. The molecule has 0 saturated carbocycles. The van der Waals surface area contributed by atoms with Crippen molar-refractivity contribution in [1.29, 1.82) is 0 Å². The molecule has 0 saturated heterocycles. The van der Waals surface area contributed by atoms with Gasteiger partial charge in [0.05, 0.1) is 17.7 Å². The van der Waals surface area contributed by atoms with Crippen LogP contribution in [0, 0.1) is 6.92 Å². The fourth-order valence-corrected chi connectivity index (χ4v) is 6.53. The van der Waals surface area contributed by atoms with Crippen LogP contribution in [0.1, 0.15) is 37.0 Å². The zero-order valence-corrected chi connectivity index (χ0v) is 28.1. The highest BCUT2D eigenvalue weighted by atomic mass is 35.5. The monoisotopic (exact) mass is 661 g/mol. The molecule has 0 radical (unpaired) electrons. The zero-order chi connectivity index (χ0) is 33.3. The zero-order valence-electron chi connectivity index (χ0n) is 26.5. The second-order valence-electron chi connectivity index (χ2n) is 11.2. The standard InChI is InChI=1S/C36H40ClN3O5S/c1-5-27(3)38-36(42)34(23-28-11-7-6-8-12-28)39(24-29-13-9-10-14-33(29)37)35(41)25-40(30-17-19-31(45-4)20-18-30)46(43,44)32-21-15-26(2)16-22-32/h6-22,27,34H,5,23-25H2,1-4H3,(H,38,42). The molecule has 0 aliphatic carbocycles. The molecule has 0 heterocycles. The molecule has 2 amide bonds. The summed E-state index contributed by atoms with van der Waals surface area (Å²) >= 11 is 6.56. The highest BCUT2D eigenvalue weighted by Gasteiger charge is 2.35. The van der Waals surface area contributed by atoms with Gasteiger partial charge in [-0.1, -0.05) is 84.8 Å². The summed E-state index contributed by atoms with van der Waals surface area (Å²) in [5.74, 6) is -0.365. The Labute approximate surface area is 277 Å². The van der Waals surface area contributed by atoms with Gasteiger partial charge in [0.15, 0.2) is 0 Å². The summed E-state index contributed by atoms with van der Waals surface area (Å²) in [5, 5.41) is 3.46. The first-order chi connectivity index (χ1) is 22.0. The average Bonchev–Trinajstić information content (AvgIpc) is 3.06. The number of ether oxygens (including phenoxy) is 1. The molecule has 0 fully saturated rings. The minimum Gasteiger partial charge on any atom is -0.497 e. The van der Waals surface area contributed by atoms with E-state index in [1.807, 2.05) is 51.1 Å². The van der Waals surface area contributed by atoms with Crippen LogP contribution in [0.3, 0.4) is 0 Å². The Morgan fingerprint density at radius 2 is 1.52 bits per heavy atom. The molecular weight excluding hydrogens is 622 g/mol. The number of halogens is 1. The third kappa shape index (κ3) is 8.68. The number of nitrogens with one attached hydrogen (secondary N) is 1. The number of hydrogen-bond donors (Lipinski definition) is 1. The van der Waals surface area contributed by atoms with Crippen molar-refractivity contribution in [2.45, 2.75) is 57.1 Å². The molecule has 10 heteroatoms. The normalized spacial score (nSPS) is 12.5. The van der Waals surface area contributed by atoms with Gasteiger partial charge >= 0.3 is 0 Å². The predicted molar refractivity (Wildman–Crippen MR) is 183 cm³/mol. The van der Waals surface area contributed by atoms with Gasteiger partial charge in [0.25, 0.3) is 10.0 Å². The summed E-state index contributed by atoms with van der Waals surface area (Å²) in [6.07, 6.45) is 0.912. The molecule has 4 rings (SSSR count). The third-order valence-corrected chi connectivity index (χ3v) is 9.98. The van der Waals surface area contributed by atoms with E-state index in [0.29, 0.717) is 22.8 Å². The summed E-state index contributed by atoms with van der Waals surface area (Å²) < 4.78 is 34.7. The Balaban J connectivity index is 1.82. The van der Waals surface area contributed by atoms with Crippen molar-refractivity contribution in [2.75, 3.05) is 18.0 Å². The molecular formula is C36H40ClN3O5S. The van der Waals surface area contributed by atoms with Crippen LogP contribution < -0.4 is 14.4 Å². The number of aryl methyl sites for hydroxylation is 1. The van der Waals surface area contributed by atoms with Gasteiger partial charge < -0.3 is 15.0 Å². The average molecular weight is 662 g/mol. The maximum absolute atomic E-state index is 14.6. The Bertz CT molecular complexity index is 1720. The summed E-state index contributed by atoms with van der Waals surface area (Å²) in [6, 6.07) is 28.3. The van der Waals surface area contributed by atoms with E-state index in [1.165, 1.54) is 24.1 Å². The van der Waals surface area contributed by atoms with Gasteiger partial charge in [-0.05, 0) is 73.9 Å². The van der Waals surface area contributed by atoms with Crippen LogP contribution in [0.4, 0.5) is 5.69 Å². The molecule has 1 N–H and O–H groups in total. The van der Waals surface area contributed by atoms with Crippen molar-refractivity contribution < 1.29 is 22.7 Å². The highest BCUT2D eigenvalue weighted by Crippen LogP contribution is 2.28. The molecule has 2 unspecified atom stereocenters. The second-order valence-corrected chi connectivity index (χ2v) is 13.4. The van der Waals surface area contributed by atoms with Gasteiger partial charge in [0, 0.05) is 24.0 Å². The minimum absolute atomic E-state index is 0.00896. The number of amides is 2. The summed E-state index contributed by atoms with van der Waals surface area (Å²) in [5.41, 5.74) is 2.65. The number of sulfonamides is 1. The number of hydrogen-bond acceptors (Lipinski definition) is 5. The lowest BCUT2D eigenvalue weighted by molar-refractivity contribution is -0.140. The lowest BCUT2D eigenvalue weighted by Gasteiger charge is -2.34. The summed E-state index contributed by atoms with van der Waals surface area (Å²) in [4.78, 5) is 30.0.